The summed E-state index contributed by atoms with van der Waals surface area (Å²) in [5.74, 6) is 1.12. The van der Waals surface area contributed by atoms with Gasteiger partial charge < -0.3 is 14.6 Å². The SMILES string of the molecule is O=C(Cc1csc(-c2ccco2)n1)NCCS(=O)(=O)N1CCN(c2ccccn2)CC1. The second kappa shape index (κ2) is 9.58. The van der Waals surface area contributed by atoms with E-state index in [1.165, 1.54) is 15.6 Å². The molecule has 1 aliphatic heterocycles. The number of thiazole rings is 1. The van der Waals surface area contributed by atoms with Crippen LogP contribution in [0.4, 0.5) is 5.82 Å². The number of carbonyl (C=O) groups is 1. The molecule has 0 aliphatic carbocycles. The quantitative estimate of drug-likeness (QED) is 0.543. The van der Waals surface area contributed by atoms with E-state index in [0.29, 0.717) is 42.6 Å². The molecule has 1 fully saturated rings. The zero-order chi connectivity index (χ0) is 21.7. The number of rotatable bonds is 8. The highest BCUT2D eigenvalue weighted by Crippen LogP contribution is 2.24. The number of nitrogens with zero attached hydrogens (tertiary/aromatic N) is 4. The average Bonchev–Trinajstić information content (AvgIpc) is 3.46. The summed E-state index contributed by atoms with van der Waals surface area (Å²) in [7, 11) is -3.44. The van der Waals surface area contributed by atoms with Gasteiger partial charge in [0.2, 0.25) is 15.9 Å². The Bertz CT molecular complexity index is 1090. The first kappa shape index (κ1) is 21.5. The second-order valence-electron chi connectivity index (χ2n) is 7.04. The zero-order valence-electron chi connectivity index (χ0n) is 16.8. The molecule has 4 heterocycles. The molecular formula is C20H23N5O4S2. The van der Waals surface area contributed by atoms with Crippen molar-refractivity contribution in [3.63, 3.8) is 0 Å². The van der Waals surface area contributed by atoms with Crippen molar-refractivity contribution in [2.45, 2.75) is 6.42 Å². The van der Waals surface area contributed by atoms with Gasteiger partial charge in [-0.3, -0.25) is 4.79 Å². The van der Waals surface area contributed by atoms with E-state index in [0.717, 1.165) is 5.82 Å². The molecule has 3 aromatic heterocycles. The van der Waals surface area contributed by atoms with Gasteiger partial charge in [-0.05, 0) is 24.3 Å². The third-order valence-electron chi connectivity index (χ3n) is 4.91. The topological polar surface area (TPSA) is 109 Å². The van der Waals surface area contributed by atoms with E-state index in [4.69, 9.17) is 4.42 Å². The van der Waals surface area contributed by atoms with Gasteiger partial charge in [0.05, 0.1) is 24.1 Å². The van der Waals surface area contributed by atoms with Gasteiger partial charge in [0.25, 0.3) is 0 Å². The fourth-order valence-corrected chi connectivity index (χ4v) is 5.44. The maximum Gasteiger partial charge on any atom is 0.226 e. The molecule has 3 aromatic rings. The minimum atomic E-state index is -3.44. The summed E-state index contributed by atoms with van der Waals surface area (Å²) in [5.41, 5.74) is 0.627. The standard InChI is InChI=1S/C20H23N5O4S2/c26-19(14-16-15-30-20(23-16)17-4-3-12-29-17)22-7-13-31(27,28)25-10-8-24(9-11-25)18-5-1-2-6-21-18/h1-6,12,15H,7-11,13-14H2,(H,22,26). The number of furan rings is 1. The molecule has 0 saturated carbocycles. The van der Waals surface area contributed by atoms with Gasteiger partial charge in [-0.2, -0.15) is 4.31 Å². The zero-order valence-corrected chi connectivity index (χ0v) is 18.4. The highest BCUT2D eigenvalue weighted by Gasteiger charge is 2.27. The van der Waals surface area contributed by atoms with Gasteiger partial charge in [-0.1, -0.05) is 6.07 Å². The number of aromatic nitrogens is 2. The number of piperazine rings is 1. The molecule has 1 aliphatic rings. The Kier molecular flexibility index (Phi) is 6.64. The first-order valence-electron chi connectivity index (χ1n) is 9.90. The van der Waals surface area contributed by atoms with Crippen LogP contribution in [0.5, 0.6) is 0 Å². The maximum atomic E-state index is 12.6. The van der Waals surface area contributed by atoms with Crippen molar-refractivity contribution in [2.24, 2.45) is 0 Å². The Hall–Kier alpha value is -2.76. The number of pyridine rings is 1. The molecule has 1 amide bonds. The average molecular weight is 462 g/mol. The predicted octanol–water partition coefficient (Wildman–Crippen LogP) is 1.61. The normalized spacial score (nSPS) is 15.2. The van der Waals surface area contributed by atoms with Crippen molar-refractivity contribution >= 4 is 33.1 Å². The van der Waals surface area contributed by atoms with Crippen LogP contribution < -0.4 is 10.2 Å². The molecule has 9 nitrogen and oxygen atoms in total. The summed E-state index contributed by atoms with van der Waals surface area (Å²) in [4.78, 5) is 22.9. The number of hydrogen-bond acceptors (Lipinski definition) is 8. The van der Waals surface area contributed by atoms with Gasteiger partial charge in [-0.25, -0.2) is 18.4 Å². The number of nitrogens with one attached hydrogen (secondary N) is 1. The molecule has 0 bridgehead atoms. The van der Waals surface area contributed by atoms with Crippen LogP contribution >= 0.6 is 11.3 Å². The number of anilines is 1. The Morgan fingerprint density at radius 3 is 2.71 bits per heavy atom. The van der Waals surface area contributed by atoms with Crippen molar-refractivity contribution in [1.29, 1.82) is 0 Å². The van der Waals surface area contributed by atoms with E-state index in [-0.39, 0.29) is 24.6 Å². The molecule has 0 radical (unpaired) electrons. The summed E-state index contributed by atoms with van der Waals surface area (Å²) in [6.07, 6.45) is 3.40. The smallest absolute Gasteiger partial charge is 0.226 e. The van der Waals surface area contributed by atoms with Crippen molar-refractivity contribution < 1.29 is 17.6 Å². The van der Waals surface area contributed by atoms with E-state index < -0.39 is 10.0 Å². The van der Waals surface area contributed by atoms with Crippen LogP contribution in [-0.2, 0) is 21.2 Å². The molecule has 1 N–H and O–H groups in total. The Labute approximate surface area is 184 Å². The molecule has 11 heteroatoms. The van der Waals surface area contributed by atoms with Gasteiger partial charge in [0, 0.05) is 44.3 Å². The summed E-state index contributed by atoms with van der Waals surface area (Å²) >= 11 is 1.40. The number of sulfonamides is 1. The van der Waals surface area contributed by atoms with Crippen molar-refractivity contribution in [2.75, 3.05) is 43.4 Å². The van der Waals surface area contributed by atoms with Crippen molar-refractivity contribution in [3.8, 4) is 10.8 Å². The summed E-state index contributed by atoms with van der Waals surface area (Å²) in [6.45, 7) is 2.05. The van der Waals surface area contributed by atoms with E-state index >= 15 is 0 Å². The van der Waals surface area contributed by atoms with Gasteiger partial charge >= 0.3 is 0 Å². The molecule has 0 unspecified atom stereocenters. The molecule has 164 valence electrons. The summed E-state index contributed by atoms with van der Waals surface area (Å²) in [5, 5.41) is 5.19. The molecule has 0 spiro atoms. The van der Waals surface area contributed by atoms with Crippen molar-refractivity contribution in [3.05, 3.63) is 53.9 Å². The monoisotopic (exact) mass is 461 g/mol. The summed E-state index contributed by atoms with van der Waals surface area (Å²) in [6, 6.07) is 9.27. The van der Waals surface area contributed by atoms with Crippen LogP contribution in [0.15, 0.2) is 52.6 Å². The molecule has 0 aromatic carbocycles. The van der Waals surface area contributed by atoms with Gasteiger partial charge in [-0.15, -0.1) is 11.3 Å². The van der Waals surface area contributed by atoms with E-state index in [1.54, 1.807) is 23.9 Å². The maximum absolute atomic E-state index is 12.6. The number of amides is 1. The largest absolute Gasteiger partial charge is 0.462 e. The minimum Gasteiger partial charge on any atom is -0.462 e. The summed E-state index contributed by atoms with van der Waals surface area (Å²) < 4.78 is 32.0. The lowest BCUT2D eigenvalue weighted by Crippen LogP contribution is -2.50. The van der Waals surface area contributed by atoms with Crippen molar-refractivity contribution in [1.82, 2.24) is 19.6 Å². The molecule has 4 rings (SSSR count). The fourth-order valence-electron chi connectivity index (χ4n) is 3.31. The van der Waals surface area contributed by atoms with Crippen LogP contribution in [0.3, 0.4) is 0 Å². The second-order valence-corrected chi connectivity index (χ2v) is 9.98. The third-order valence-corrected chi connectivity index (χ3v) is 7.69. The van der Waals surface area contributed by atoms with Crippen LogP contribution in [0, 0.1) is 0 Å². The first-order valence-corrected chi connectivity index (χ1v) is 12.4. The fraction of sp³-hybridized carbons (Fsp3) is 0.350. The van der Waals surface area contributed by atoms with Gasteiger partial charge in [0.1, 0.15) is 5.82 Å². The van der Waals surface area contributed by atoms with Crippen LogP contribution in [0.2, 0.25) is 0 Å². The highest BCUT2D eigenvalue weighted by atomic mass is 32.2. The Morgan fingerprint density at radius 2 is 2.00 bits per heavy atom. The minimum absolute atomic E-state index is 0.0663. The number of hydrogen-bond donors (Lipinski definition) is 1. The molecule has 1 saturated heterocycles. The Morgan fingerprint density at radius 1 is 1.16 bits per heavy atom. The molecule has 0 atom stereocenters. The van der Waals surface area contributed by atoms with E-state index in [1.807, 2.05) is 24.3 Å². The predicted molar refractivity (Wildman–Crippen MR) is 118 cm³/mol. The lowest BCUT2D eigenvalue weighted by Gasteiger charge is -2.34. The number of carbonyl (C=O) groups excluding carboxylic acids is 1. The van der Waals surface area contributed by atoms with Crippen LogP contribution in [0.1, 0.15) is 5.69 Å². The third kappa shape index (κ3) is 5.49. The van der Waals surface area contributed by atoms with Crippen LogP contribution in [-0.4, -0.2) is 67.1 Å². The van der Waals surface area contributed by atoms with Crippen LogP contribution in [0.25, 0.3) is 10.8 Å². The molecular weight excluding hydrogens is 438 g/mol. The highest BCUT2D eigenvalue weighted by molar-refractivity contribution is 7.89. The molecule has 31 heavy (non-hydrogen) atoms. The van der Waals surface area contributed by atoms with E-state index in [2.05, 4.69) is 20.2 Å². The lowest BCUT2D eigenvalue weighted by atomic mass is 10.3. The Balaban J connectivity index is 1.21. The van der Waals surface area contributed by atoms with Gasteiger partial charge in [0.15, 0.2) is 10.8 Å². The lowest BCUT2D eigenvalue weighted by molar-refractivity contribution is -0.120. The first-order chi connectivity index (χ1) is 15.0. The van der Waals surface area contributed by atoms with E-state index in [9.17, 15) is 13.2 Å².